The normalized spacial score (nSPS) is 13.6. The van der Waals surface area contributed by atoms with E-state index in [1.165, 1.54) is 0 Å². The molecule has 0 saturated carbocycles. The van der Waals surface area contributed by atoms with E-state index in [1.807, 2.05) is 0 Å². The molecule has 0 radical (unpaired) electrons. The van der Waals surface area contributed by atoms with Crippen LogP contribution >= 0.6 is 0 Å². The molecule has 0 aromatic heterocycles. The van der Waals surface area contributed by atoms with Crippen LogP contribution in [0.4, 0.5) is 0 Å². The molecule has 4 N–H and O–H groups in total. The molecule has 0 saturated heterocycles. The molecule has 0 amide bonds. The molecule has 20 heavy (non-hydrogen) atoms. The van der Waals surface area contributed by atoms with Crippen LogP contribution in [0.3, 0.4) is 0 Å². The third-order valence-electron chi connectivity index (χ3n) is 3.63. The predicted octanol–water partition coefficient (Wildman–Crippen LogP) is 0.133. The van der Waals surface area contributed by atoms with Crippen molar-refractivity contribution in [2.24, 2.45) is 0 Å². The van der Waals surface area contributed by atoms with Gasteiger partial charge in [-0.25, -0.2) is 0 Å². The molecule has 0 aromatic rings. The summed E-state index contributed by atoms with van der Waals surface area (Å²) in [4.78, 5) is 11.2. The maximum absolute atomic E-state index is 11.5. The Morgan fingerprint density at radius 1 is 1.00 bits per heavy atom. The van der Waals surface area contributed by atoms with E-state index in [2.05, 4.69) is 10.6 Å². The molecule has 0 spiro atoms. The van der Waals surface area contributed by atoms with Crippen molar-refractivity contribution in [2.45, 2.75) is 57.7 Å². The van der Waals surface area contributed by atoms with Gasteiger partial charge in [0.2, 0.25) is 5.54 Å². The third-order valence-corrected chi connectivity index (χ3v) is 3.63. The number of nitro groups is 1. The Labute approximate surface area is 120 Å². The largest absolute Gasteiger partial charge is 0.394 e. The molecule has 0 aromatic carbocycles. The zero-order chi connectivity index (χ0) is 16.0. The van der Waals surface area contributed by atoms with Gasteiger partial charge >= 0.3 is 0 Å². The zero-order valence-corrected chi connectivity index (χ0v) is 13.2. The van der Waals surface area contributed by atoms with E-state index < -0.39 is 16.6 Å². The van der Waals surface area contributed by atoms with Crippen molar-refractivity contribution in [1.82, 2.24) is 10.6 Å². The van der Waals surface area contributed by atoms with Gasteiger partial charge < -0.3 is 20.8 Å². The van der Waals surface area contributed by atoms with Gasteiger partial charge in [-0.05, 0) is 27.7 Å². The summed E-state index contributed by atoms with van der Waals surface area (Å²) < 4.78 is 0. The Balaban J connectivity index is 4.89. The Bertz CT molecular complexity index is 299. The Morgan fingerprint density at radius 3 is 1.55 bits per heavy atom. The van der Waals surface area contributed by atoms with Crippen LogP contribution in [-0.2, 0) is 0 Å². The minimum atomic E-state index is -1.17. The fraction of sp³-hybridized carbons (Fsp3) is 1.00. The summed E-state index contributed by atoms with van der Waals surface area (Å²) in [6, 6.07) is 0. The van der Waals surface area contributed by atoms with E-state index in [4.69, 9.17) is 0 Å². The van der Waals surface area contributed by atoms with Gasteiger partial charge in [0.1, 0.15) is 0 Å². The minimum absolute atomic E-state index is 0.0972. The highest BCUT2D eigenvalue weighted by molar-refractivity contribution is 4.90. The van der Waals surface area contributed by atoms with E-state index in [0.29, 0.717) is 6.42 Å². The van der Waals surface area contributed by atoms with E-state index in [1.54, 1.807) is 34.6 Å². The molecular formula is C13H29N3O4. The zero-order valence-electron chi connectivity index (χ0n) is 13.2. The topological polar surface area (TPSA) is 108 Å². The van der Waals surface area contributed by atoms with Crippen LogP contribution < -0.4 is 10.6 Å². The summed E-state index contributed by atoms with van der Waals surface area (Å²) in [5.74, 6) is 0. The molecule has 0 heterocycles. The molecule has 0 aliphatic rings. The van der Waals surface area contributed by atoms with Crippen LogP contribution in [0.15, 0.2) is 0 Å². The fourth-order valence-corrected chi connectivity index (χ4v) is 1.49. The fourth-order valence-electron chi connectivity index (χ4n) is 1.49. The van der Waals surface area contributed by atoms with Gasteiger partial charge in [0, 0.05) is 22.4 Å². The van der Waals surface area contributed by atoms with Crippen LogP contribution in [0.25, 0.3) is 0 Å². The average molecular weight is 291 g/mol. The van der Waals surface area contributed by atoms with Crippen LogP contribution in [0.1, 0.15) is 41.0 Å². The maximum atomic E-state index is 11.5. The van der Waals surface area contributed by atoms with Crippen molar-refractivity contribution in [3.8, 4) is 0 Å². The van der Waals surface area contributed by atoms with Crippen molar-refractivity contribution in [3.63, 3.8) is 0 Å². The van der Waals surface area contributed by atoms with Gasteiger partial charge in [0.25, 0.3) is 0 Å². The number of aliphatic hydroxyl groups is 2. The second-order valence-electron chi connectivity index (χ2n) is 6.63. The molecule has 0 atom stereocenters. The molecule has 7 nitrogen and oxygen atoms in total. The first-order chi connectivity index (χ1) is 9.04. The number of aliphatic hydroxyl groups excluding tert-OH is 2. The summed E-state index contributed by atoms with van der Waals surface area (Å²) in [5, 5.41) is 36.0. The highest BCUT2D eigenvalue weighted by Gasteiger charge is 2.42. The van der Waals surface area contributed by atoms with Crippen molar-refractivity contribution in [2.75, 3.05) is 26.3 Å². The van der Waals surface area contributed by atoms with E-state index >= 15 is 0 Å². The minimum Gasteiger partial charge on any atom is -0.394 e. The smallest absolute Gasteiger partial charge is 0.246 e. The first-order valence-electron chi connectivity index (χ1n) is 6.90. The predicted molar refractivity (Wildman–Crippen MR) is 78.4 cm³/mol. The lowest BCUT2D eigenvalue weighted by molar-refractivity contribution is -0.566. The lowest BCUT2D eigenvalue weighted by Crippen LogP contribution is -2.60. The molecule has 0 rings (SSSR count). The first-order valence-corrected chi connectivity index (χ1v) is 6.90. The van der Waals surface area contributed by atoms with Crippen molar-refractivity contribution < 1.29 is 15.1 Å². The molecule has 0 fully saturated rings. The first kappa shape index (κ1) is 19.2. The van der Waals surface area contributed by atoms with Crippen molar-refractivity contribution in [3.05, 3.63) is 10.1 Å². The summed E-state index contributed by atoms with van der Waals surface area (Å²) in [7, 11) is 0. The Hall–Kier alpha value is -0.760. The van der Waals surface area contributed by atoms with Gasteiger partial charge in [0.05, 0.1) is 26.3 Å². The molecule has 0 unspecified atom stereocenters. The molecule has 0 aliphatic heterocycles. The second kappa shape index (κ2) is 7.31. The van der Waals surface area contributed by atoms with Gasteiger partial charge in [-0.3, -0.25) is 10.1 Å². The van der Waals surface area contributed by atoms with Crippen molar-refractivity contribution in [1.29, 1.82) is 0 Å². The van der Waals surface area contributed by atoms with E-state index in [-0.39, 0.29) is 31.2 Å². The molecule has 0 aliphatic carbocycles. The van der Waals surface area contributed by atoms with E-state index in [9.17, 15) is 20.3 Å². The average Bonchev–Trinajstić information content (AvgIpc) is 2.39. The van der Waals surface area contributed by atoms with Gasteiger partial charge in [-0.2, -0.15) is 0 Å². The van der Waals surface area contributed by atoms with Crippen LogP contribution in [0.5, 0.6) is 0 Å². The summed E-state index contributed by atoms with van der Waals surface area (Å²) >= 11 is 0. The molecule has 7 heteroatoms. The SMILES string of the molecule is CCC(CNC(C)(C)CO)(CNC(C)(C)CO)[N+](=O)[O-]. The number of nitrogens with zero attached hydrogens (tertiary/aromatic N) is 1. The molecule has 120 valence electrons. The van der Waals surface area contributed by atoms with Crippen LogP contribution in [0, 0.1) is 10.1 Å². The van der Waals surface area contributed by atoms with E-state index in [0.717, 1.165) is 0 Å². The quantitative estimate of drug-likeness (QED) is 0.337. The maximum Gasteiger partial charge on any atom is 0.246 e. The summed E-state index contributed by atoms with van der Waals surface area (Å²) in [6.07, 6.45) is 0.350. The molecular weight excluding hydrogens is 262 g/mol. The monoisotopic (exact) mass is 291 g/mol. The van der Waals surface area contributed by atoms with Crippen molar-refractivity contribution >= 4 is 0 Å². The lowest BCUT2D eigenvalue weighted by atomic mass is 9.93. The highest BCUT2D eigenvalue weighted by Crippen LogP contribution is 2.16. The standard InChI is InChI=1S/C13H29N3O4/c1-6-13(16(19)20,7-14-11(2,3)9-17)8-15-12(4,5)10-18/h14-15,17-18H,6-10H2,1-5H3. The second-order valence-corrected chi connectivity index (χ2v) is 6.63. The van der Waals surface area contributed by atoms with Gasteiger partial charge in [0.15, 0.2) is 0 Å². The van der Waals surface area contributed by atoms with Crippen LogP contribution in [0.2, 0.25) is 0 Å². The van der Waals surface area contributed by atoms with Crippen LogP contribution in [-0.4, -0.2) is 58.1 Å². The van der Waals surface area contributed by atoms with Gasteiger partial charge in [-0.15, -0.1) is 0 Å². The van der Waals surface area contributed by atoms with Gasteiger partial charge in [-0.1, -0.05) is 6.92 Å². The number of hydrogen-bond acceptors (Lipinski definition) is 6. The lowest BCUT2D eigenvalue weighted by Gasteiger charge is -2.33. The molecule has 0 bridgehead atoms. The number of nitrogens with one attached hydrogen (secondary N) is 2. The Kier molecular flexibility index (Phi) is 7.03. The third kappa shape index (κ3) is 5.70. The summed E-state index contributed by atoms with van der Waals surface area (Å²) in [5.41, 5.74) is -2.30. The summed E-state index contributed by atoms with van der Waals surface area (Å²) in [6.45, 7) is 9.04. The highest BCUT2D eigenvalue weighted by atomic mass is 16.6. The number of rotatable bonds is 10. The number of hydrogen-bond donors (Lipinski definition) is 4. The Morgan fingerprint density at radius 2 is 1.35 bits per heavy atom.